The maximum Gasteiger partial charge on any atom is 0.303 e. The number of hydrogen-bond donors (Lipinski definition) is 2. The van der Waals surface area contributed by atoms with E-state index in [9.17, 15) is 14.4 Å². The van der Waals surface area contributed by atoms with Crippen molar-refractivity contribution in [2.75, 3.05) is 19.6 Å². The van der Waals surface area contributed by atoms with Crippen molar-refractivity contribution in [1.82, 2.24) is 10.2 Å². The van der Waals surface area contributed by atoms with Gasteiger partial charge in [0.05, 0.1) is 13.0 Å². The highest BCUT2D eigenvalue weighted by Gasteiger charge is 2.14. The van der Waals surface area contributed by atoms with E-state index in [1.54, 1.807) is 0 Å². The molecule has 0 aromatic rings. The molecule has 0 aromatic heterocycles. The van der Waals surface area contributed by atoms with E-state index in [0.29, 0.717) is 0 Å². The second-order valence-corrected chi connectivity index (χ2v) is 10.4. The Kier molecular flexibility index (Phi) is 25.3. The number of aliphatic carboxylic acids is 1. The van der Waals surface area contributed by atoms with Gasteiger partial charge in [-0.15, -0.1) is 0 Å². The van der Waals surface area contributed by atoms with E-state index in [1.165, 1.54) is 103 Å². The molecule has 0 radical (unpaired) electrons. The van der Waals surface area contributed by atoms with Crippen LogP contribution in [0, 0.1) is 0 Å². The van der Waals surface area contributed by atoms with Crippen LogP contribution in [0.1, 0.15) is 155 Å². The Morgan fingerprint density at radius 3 is 1.28 bits per heavy atom. The molecule has 0 fully saturated rings. The van der Waals surface area contributed by atoms with Crippen LogP contribution < -0.4 is 5.32 Å². The first-order chi connectivity index (χ1) is 17.5. The summed E-state index contributed by atoms with van der Waals surface area (Å²) in [5.41, 5.74) is 0. The van der Waals surface area contributed by atoms with Gasteiger partial charge in [-0.3, -0.25) is 14.4 Å². The Hall–Kier alpha value is -1.59. The minimum Gasteiger partial charge on any atom is -0.481 e. The second-order valence-electron chi connectivity index (χ2n) is 10.4. The topological polar surface area (TPSA) is 86.7 Å². The van der Waals surface area contributed by atoms with E-state index in [-0.39, 0.29) is 31.2 Å². The van der Waals surface area contributed by atoms with Crippen molar-refractivity contribution in [2.24, 2.45) is 0 Å². The van der Waals surface area contributed by atoms with Gasteiger partial charge in [-0.25, -0.2) is 0 Å². The lowest BCUT2D eigenvalue weighted by molar-refractivity contribution is -0.139. The number of hydrogen-bond acceptors (Lipinski definition) is 3. The molecule has 0 aliphatic heterocycles. The van der Waals surface area contributed by atoms with Crippen LogP contribution in [-0.2, 0) is 14.4 Å². The summed E-state index contributed by atoms with van der Waals surface area (Å²) < 4.78 is 0. The molecule has 0 unspecified atom stereocenters. The van der Waals surface area contributed by atoms with E-state index in [4.69, 9.17) is 5.11 Å². The van der Waals surface area contributed by atoms with Gasteiger partial charge in [0.25, 0.3) is 0 Å². The number of amides is 2. The zero-order chi connectivity index (χ0) is 26.7. The number of carboxylic acids is 1. The molecule has 2 N–H and O–H groups in total. The summed E-state index contributed by atoms with van der Waals surface area (Å²) in [5.74, 6) is -1.42. The lowest BCUT2D eigenvalue weighted by Gasteiger charge is -2.23. The zero-order valence-electron chi connectivity index (χ0n) is 23.8. The van der Waals surface area contributed by atoms with Gasteiger partial charge in [-0.1, -0.05) is 129 Å². The first kappa shape index (κ1) is 34.4. The molecule has 0 heterocycles. The number of rotatable bonds is 27. The highest BCUT2D eigenvalue weighted by atomic mass is 16.4. The van der Waals surface area contributed by atoms with Gasteiger partial charge >= 0.3 is 5.97 Å². The highest BCUT2D eigenvalue weighted by Crippen LogP contribution is 2.13. The Balaban J connectivity index is 4.18. The van der Waals surface area contributed by atoms with Crippen molar-refractivity contribution in [2.45, 2.75) is 155 Å². The number of carbonyl (C=O) groups is 3. The normalized spacial score (nSPS) is 10.9. The Morgan fingerprint density at radius 1 is 0.556 bits per heavy atom. The minimum atomic E-state index is -1.000. The summed E-state index contributed by atoms with van der Waals surface area (Å²) in [6.45, 7) is 5.96. The average Bonchev–Trinajstić information content (AvgIpc) is 2.86. The van der Waals surface area contributed by atoms with Gasteiger partial charge in [0.15, 0.2) is 0 Å². The molecule has 36 heavy (non-hydrogen) atoms. The Morgan fingerprint density at radius 2 is 0.917 bits per heavy atom. The fraction of sp³-hybridized carbons (Fsp3) is 0.900. The molecule has 6 heteroatoms. The number of carboxylic acid groups (broad SMARTS) is 1. The largest absolute Gasteiger partial charge is 0.481 e. The van der Waals surface area contributed by atoms with Crippen LogP contribution in [0.25, 0.3) is 0 Å². The van der Waals surface area contributed by atoms with Crippen LogP contribution in [-0.4, -0.2) is 47.4 Å². The van der Waals surface area contributed by atoms with Crippen molar-refractivity contribution < 1.29 is 19.5 Å². The monoisotopic (exact) mass is 510 g/mol. The standard InChI is InChI=1S/C30H58N2O4/c1-3-5-7-9-11-13-15-17-19-21-25-32(29(34)27-31-28(33)23-24-30(35)36)26-22-20-18-16-14-12-10-8-6-4-2/h3-27H2,1-2H3,(H,31,33)(H,35,36). The fourth-order valence-electron chi connectivity index (χ4n) is 4.54. The molecular formula is C30H58N2O4. The van der Waals surface area contributed by atoms with E-state index in [0.717, 1.165) is 38.8 Å². The minimum absolute atomic E-state index is 0.0338. The van der Waals surface area contributed by atoms with Crippen LogP contribution in [0.15, 0.2) is 0 Å². The SMILES string of the molecule is CCCCCCCCCCCCN(CCCCCCCCCCCC)C(=O)CNC(=O)CCC(=O)O. The first-order valence-electron chi connectivity index (χ1n) is 15.3. The second kappa shape index (κ2) is 26.5. The molecule has 6 nitrogen and oxygen atoms in total. The third-order valence-electron chi connectivity index (χ3n) is 6.92. The van der Waals surface area contributed by atoms with Crippen LogP contribution in [0.5, 0.6) is 0 Å². The van der Waals surface area contributed by atoms with Crippen molar-refractivity contribution in [3.8, 4) is 0 Å². The molecule has 0 aliphatic rings. The average molecular weight is 511 g/mol. The third-order valence-corrected chi connectivity index (χ3v) is 6.92. The zero-order valence-corrected chi connectivity index (χ0v) is 23.8. The lowest BCUT2D eigenvalue weighted by Crippen LogP contribution is -2.41. The van der Waals surface area contributed by atoms with Crippen LogP contribution in [0.2, 0.25) is 0 Å². The maximum absolute atomic E-state index is 12.8. The summed E-state index contributed by atoms with van der Waals surface area (Å²) in [5, 5.41) is 11.3. The molecule has 0 rings (SSSR count). The van der Waals surface area contributed by atoms with E-state index in [2.05, 4.69) is 19.2 Å². The fourth-order valence-corrected chi connectivity index (χ4v) is 4.54. The smallest absolute Gasteiger partial charge is 0.303 e. The van der Waals surface area contributed by atoms with Gasteiger partial charge in [-0.05, 0) is 12.8 Å². The van der Waals surface area contributed by atoms with Gasteiger partial charge in [0.1, 0.15) is 0 Å². The van der Waals surface area contributed by atoms with Gasteiger partial charge in [0, 0.05) is 19.5 Å². The van der Waals surface area contributed by atoms with E-state index < -0.39 is 5.97 Å². The van der Waals surface area contributed by atoms with Gasteiger partial charge < -0.3 is 15.3 Å². The molecular weight excluding hydrogens is 452 g/mol. The summed E-state index contributed by atoms with van der Waals surface area (Å²) >= 11 is 0. The summed E-state index contributed by atoms with van der Waals surface area (Å²) in [6, 6.07) is 0. The molecule has 0 bridgehead atoms. The number of carbonyl (C=O) groups excluding carboxylic acids is 2. The summed E-state index contributed by atoms with van der Waals surface area (Å²) in [4.78, 5) is 37.1. The molecule has 0 atom stereocenters. The summed E-state index contributed by atoms with van der Waals surface area (Å²) in [7, 11) is 0. The highest BCUT2D eigenvalue weighted by molar-refractivity contribution is 5.86. The molecule has 0 saturated heterocycles. The molecule has 0 aromatic carbocycles. The number of nitrogens with one attached hydrogen (secondary N) is 1. The molecule has 2 amide bonds. The lowest BCUT2D eigenvalue weighted by atomic mass is 10.1. The predicted octanol–water partition coefficient (Wildman–Crippen LogP) is 7.64. The first-order valence-corrected chi connectivity index (χ1v) is 15.3. The Bertz CT molecular complexity index is 515. The molecule has 0 spiro atoms. The number of nitrogens with zero attached hydrogens (tertiary/aromatic N) is 1. The van der Waals surface area contributed by atoms with Crippen LogP contribution in [0.4, 0.5) is 0 Å². The van der Waals surface area contributed by atoms with Crippen molar-refractivity contribution >= 4 is 17.8 Å². The quantitative estimate of drug-likeness (QED) is 0.111. The van der Waals surface area contributed by atoms with E-state index >= 15 is 0 Å². The maximum atomic E-state index is 12.8. The molecule has 0 aliphatic carbocycles. The third kappa shape index (κ3) is 24.1. The number of unbranched alkanes of at least 4 members (excludes halogenated alkanes) is 18. The van der Waals surface area contributed by atoms with Gasteiger partial charge in [0.2, 0.25) is 11.8 Å². The van der Waals surface area contributed by atoms with Crippen molar-refractivity contribution in [3.05, 3.63) is 0 Å². The molecule has 212 valence electrons. The van der Waals surface area contributed by atoms with Crippen LogP contribution >= 0.6 is 0 Å². The van der Waals surface area contributed by atoms with E-state index in [1.807, 2.05) is 4.90 Å². The van der Waals surface area contributed by atoms with Crippen LogP contribution in [0.3, 0.4) is 0 Å². The van der Waals surface area contributed by atoms with Gasteiger partial charge in [-0.2, -0.15) is 0 Å². The summed E-state index contributed by atoms with van der Waals surface area (Å²) in [6.07, 6.45) is 25.0. The van der Waals surface area contributed by atoms with Crippen molar-refractivity contribution in [3.63, 3.8) is 0 Å². The Labute approximate surface area is 222 Å². The molecule has 0 saturated carbocycles. The predicted molar refractivity (Wildman–Crippen MR) is 150 cm³/mol. The van der Waals surface area contributed by atoms with Crippen molar-refractivity contribution in [1.29, 1.82) is 0 Å².